The van der Waals surface area contributed by atoms with Crippen LogP contribution in [0.1, 0.15) is 0 Å². The number of anilines is 1. The van der Waals surface area contributed by atoms with Crippen molar-refractivity contribution in [1.29, 1.82) is 0 Å². The van der Waals surface area contributed by atoms with Crippen molar-refractivity contribution >= 4 is 49.9 Å². The van der Waals surface area contributed by atoms with E-state index in [4.69, 9.17) is 23.2 Å². The van der Waals surface area contributed by atoms with Gasteiger partial charge in [-0.05, 0) is 24.3 Å². The van der Waals surface area contributed by atoms with Gasteiger partial charge in [0.05, 0.1) is 20.9 Å². The van der Waals surface area contributed by atoms with Gasteiger partial charge in [-0.15, -0.1) is 0 Å². The summed E-state index contributed by atoms with van der Waals surface area (Å²) in [5, 5.41) is 0.527. The largest absolute Gasteiger partial charge is 0.353 e. The van der Waals surface area contributed by atoms with Gasteiger partial charge in [-0.1, -0.05) is 35.3 Å². The Hall–Kier alpha value is -2.00. The van der Waals surface area contributed by atoms with Gasteiger partial charge in [0.15, 0.2) is 0 Å². The first-order valence-electron chi connectivity index (χ1n) is 8.48. The minimum absolute atomic E-state index is 0.00969. The van der Waals surface area contributed by atoms with E-state index in [2.05, 4.69) is 9.97 Å². The van der Waals surface area contributed by atoms with Crippen LogP contribution in [0.5, 0.6) is 0 Å². The molecule has 3 aromatic rings. The summed E-state index contributed by atoms with van der Waals surface area (Å²) in [6.07, 6.45) is 1.38. The highest BCUT2D eigenvalue weighted by Gasteiger charge is 2.31. The second kappa shape index (κ2) is 7.44. The molecule has 1 aromatic heterocycles. The van der Waals surface area contributed by atoms with E-state index in [0.29, 0.717) is 29.8 Å². The van der Waals surface area contributed by atoms with Crippen LogP contribution in [0.15, 0.2) is 47.6 Å². The topological polar surface area (TPSA) is 66.4 Å². The molecular formula is C18H15Cl2FN4O2S. The zero-order valence-corrected chi connectivity index (χ0v) is 16.8. The summed E-state index contributed by atoms with van der Waals surface area (Å²) in [5.41, 5.74) is 0.505. The second-order valence-corrected chi connectivity index (χ2v) is 8.97. The van der Waals surface area contributed by atoms with Crippen molar-refractivity contribution in [3.8, 4) is 0 Å². The van der Waals surface area contributed by atoms with Gasteiger partial charge in [0.1, 0.15) is 22.9 Å². The SMILES string of the molecule is O=S(=O)(c1cccc(Cl)c1Cl)N1CCN(c2ncnc3cccc(F)c23)CC1. The quantitative estimate of drug-likeness (QED) is 0.622. The predicted octanol–water partition coefficient (Wildman–Crippen LogP) is 3.59. The van der Waals surface area contributed by atoms with E-state index in [1.54, 1.807) is 18.2 Å². The molecule has 0 aliphatic carbocycles. The van der Waals surface area contributed by atoms with Crippen molar-refractivity contribution in [2.24, 2.45) is 0 Å². The molecular weight excluding hydrogens is 426 g/mol. The van der Waals surface area contributed by atoms with Crippen LogP contribution in [-0.4, -0.2) is 48.9 Å². The molecule has 1 aliphatic rings. The van der Waals surface area contributed by atoms with Crippen LogP contribution >= 0.6 is 23.2 Å². The molecule has 0 radical (unpaired) electrons. The van der Waals surface area contributed by atoms with Gasteiger partial charge in [0.2, 0.25) is 10.0 Å². The molecule has 0 atom stereocenters. The van der Waals surface area contributed by atoms with Gasteiger partial charge in [-0.25, -0.2) is 22.8 Å². The summed E-state index contributed by atoms with van der Waals surface area (Å²) in [5.74, 6) is 0.0507. The Balaban J connectivity index is 1.60. The molecule has 0 spiro atoms. The number of hydrogen-bond donors (Lipinski definition) is 0. The molecule has 1 aliphatic heterocycles. The number of halogens is 3. The number of fused-ring (bicyclic) bond motifs is 1. The lowest BCUT2D eigenvalue weighted by atomic mass is 10.2. The smallest absolute Gasteiger partial charge is 0.244 e. The molecule has 1 fully saturated rings. The first-order chi connectivity index (χ1) is 13.4. The Bertz CT molecular complexity index is 1150. The maximum atomic E-state index is 14.3. The highest BCUT2D eigenvalue weighted by atomic mass is 35.5. The van der Waals surface area contributed by atoms with Crippen molar-refractivity contribution in [2.75, 3.05) is 31.1 Å². The molecule has 2 heterocycles. The van der Waals surface area contributed by atoms with E-state index in [9.17, 15) is 12.8 Å². The average Bonchev–Trinajstić information content (AvgIpc) is 2.70. The summed E-state index contributed by atoms with van der Waals surface area (Å²) < 4.78 is 41.6. The van der Waals surface area contributed by atoms with Crippen molar-refractivity contribution in [2.45, 2.75) is 4.90 Å². The first kappa shape index (κ1) is 19.3. The highest BCUT2D eigenvalue weighted by molar-refractivity contribution is 7.89. The zero-order valence-electron chi connectivity index (χ0n) is 14.5. The summed E-state index contributed by atoms with van der Waals surface area (Å²) >= 11 is 12.1. The lowest BCUT2D eigenvalue weighted by Gasteiger charge is -2.35. The van der Waals surface area contributed by atoms with E-state index in [1.165, 1.54) is 28.8 Å². The fourth-order valence-corrected chi connectivity index (χ4v) is 5.41. The Morgan fingerprint density at radius 3 is 2.43 bits per heavy atom. The molecule has 6 nitrogen and oxygen atoms in total. The number of hydrogen-bond acceptors (Lipinski definition) is 5. The lowest BCUT2D eigenvalue weighted by molar-refractivity contribution is 0.384. The lowest BCUT2D eigenvalue weighted by Crippen LogP contribution is -2.49. The second-order valence-electron chi connectivity index (χ2n) is 6.27. The standard InChI is InChI=1S/C18H15Cl2FN4O2S/c19-12-3-1-6-15(17(12)20)28(26,27)25-9-7-24(8-10-25)18-16-13(21)4-2-5-14(16)22-11-23-18/h1-6,11H,7-10H2. The molecule has 10 heteroatoms. The number of aromatic nitrogens is 2. The molecule has 0 bridgehead atoms. The first-order valence-corrected chi connectivity index (χ1v) is 10.7. The van der Waals surface area contributed by atoms with Crippen molar-refractivity contribution in [1.82, 2.24) is 14.3 Å². The summed E-state index contributed by atoms with van der Waals surface area (Å²) in [6, 6.07) is 9.18. The molecule has 4 rings (SSSR count). The summed E-state index contributed by atoms with van der Waals surface area (Å²) in [7, 11) is -3.79. The summed E-state index contributed by atoms with van der Waals surface area (Å²) in [6.45, 7) is 1.14. The van der Waals surface area contributed by atoms with Crippen LogP contribution in [0.25, 0.3) is 10.9 Å². The van der Waals surface area contributed by atoms with Crippen molar-refractivity contribution in [3.05, 3.63) is 58.6 Å². The van der Waals surface area contributed by atoms with E-state index < -0.39 is 15.8 Å². The van der Waals surface area contributed by atoms with Gasteiger partial charge in [0, 0.05) is 26.2 Å². The number of benzene rings is 2. The fourth-order valence-electron chi connectivity index (χ4n) is 3.25. The molecule has 2 aromatic carbocycles. The normalized spacial score (nSPS) is 15.9. The monoisotopic (exact) mass is 440 g/mol. The third-order valence-corrected chi connectivity index (χ3v) is 7.54. The van der Waals surface area contributed by atoms with Crippen LogP contribution < -0.4 is 4.90 Å². The Labute approximate surface area is 171 Å². The molecule has 28 heavy (non-hydrogen) atoms. The number of nitrogens with zero attached hydrogens (tertiary/aromatic N) is 4. The van der Waals surface area contributed by atoms with Gasteiger partial charge in [0.25, 0.3) is 0 Å². The molecule has 0 amide bonds. The maximum absolute atomic E-state index is 14.3. The predicted molar refractivity (Wildman–Crippen MR) is 107 cm³/mol. The molecule has 146 valence electrons. The van der Waals surface area contributed by atoms with Gasteiger partial charge >= 0.3 is 0 Å². The number of rotatable bonds is 3. The van der Waals surface area contributed by atoms with E-state index in [-0.39, 0.29) is 28.0 Å². The van der Waals surface area contributed by atoms with Crippen LogP contribution in [0.3, 0.4) is 0 Å². The Morgan fingerprint density at radius 2 is 1.68 bits per heavy atom. The number of sulfonamides is 1. The minimum Gasteiger partial charge on any atom is -0.353 e. The fraction of sp³-hybridized carbons (Fsp3) is 0.222. The van der Waals surface area contributed by atoms with Crippen molar-refractivity contribution in [3.63, 3.8) is 0 Å². The summed E-state index contributed by atoms with van der Waals surface area (Å²) in [4.78, 5) is 10.2. The molecule has 0 unspecified atom stereocenters. The van der Waals surface area contributed by atoms with Crippen LogP contribution in [-0.2, 0) is 10.0 Å². The Kier molecular flexibility index (Phi) is 5.13. The minimum atomic E-state index is -3.79. The Morgan fingerprint density at radius 1 is 0.964 bits per heavy atom. The third-order valence-electron chi connectivity index (χ3n) is 4.66. The van der Waals surface area contributed by atoms with Crippen LogP contribution in [0.4, 0.5) is 10.2 Å². The van der Waals surface area contributed by atoms with Crippen LogP contribution in [0.2, 0.25) is 10.0 Å². The zero-order chi connectivity index (χ0) is 19.9. The van der Waals surface area contributed by atoms with E-state index >= 15 is 0 Å². The van der Waals surface area contributed by atoms with E-state index in [1.807, 2.05) is 4.90 Å². The third kappa shape index (κ3) is 3.30. The molecule has 0 N–H and O–H groups in total. The van der Waals surface area contributed by atoms with Crippen molar-refractivity contribution < 1.29 is 12.8 Å². The maximum Gasteiger partial charge on any atom is 0.244 e. The van der Waals surface area contributed by atoms with Gasteiger partial charge in [-0.3, -0.25) is 0 Å². The molecule has 0 saturated carbocycles. The van der Waals surface area contributed by atoms with Crippen LogP contribution in [0, 0.1) is 5.82 Å². The van der Waals surface area contributed by atoms with Gasteiger partial charge in [-0.2, -0.15) is 4.31 Å². The number of piperazine rings is 1. The van der Waals surface area contributed by atoms with Gasteiger partial charge < -0.3 is 4.90 Å². The highest BCUT2D eigenvalue weighted by Crippen LogP contribution is 2.32. The average molecular weight is 441 g/mol. The molecule has 1 saturated heterocycles. The van der Waals surface area contributed by atoms with E-state index in [0.717, 1.165) is 0 Å².